The molecule has 2 aromatic carbocycles. The lowest BCUT2D eigenvalue weighted by atomic mass is 9.94. The highest BCUT2D eigenvalue weighted by Crippen LogP contribution is 2.34. The highest BCUT2D eigenvalue weighted by molar-refractivity contribution is 6.05. The average Bonchev–Trinajstić information content (AvgIpc) is 2.67. The van der Waals surface area contributed by atoms with E-state index in [9.17, 15) is 9.59 Å². The van der Waals surface area contributed by atoms with Crippen LogP contribution in [0.25, 0.3) is 0 Å². The largest absolute Gasteiger partial charge is 0.481 e. The molecule has 0 spiro atoms. The molecule has 0 aliphatic carbocycles. The monoisotopic (exact) mass is 382 g/mol. The number of benzene rings is 2. The fourth-order valence-electron chi connectivity index (χ4n) is 3.07. The number of amidine groups is 1. The number of hydrogen-bond acceptors (Lipinski definition) is 5. The molecule has 0 aromatic heterocycles. The fraction of sp³-hybridized carbons (Fsp3) is 0.250. The van der Waals surface area contributed by atoms with Crippen molar-refractivity contribution in [2.75, 3.05) is 5.32 Å². The van der Waals surface area contributed by atoms with Gasteiger partial charge in [0.2, 0.25) is 0 Å². The Kier molecular flexibility index (Phi) is 5.32. The molecule has 0 bridgehead atoms. The minimum absolute atomic E-state index is 0.0532. The minimum Gasteiger partial charge on any atom is -0.481 e. The van der Waals surface area contributed by atoms with Crippen LogP contribution in [-0.4, -0.2) is 28.5 Å². The number of carboxylic acids is 1. The number of hydrogen-bond donors (Lipinski definition) is 5. The highest BCUT2D eigenvalue weighted by Gasteiger charge is 2.32. The summed E-state index contributed by atoms with van der Waals surface area (Å²) in [5.74, 6) is -0.640. The van der Waals surface area contributed by atoms with E-state index in [4.69, 9.17) is 26.7 Å². The molecule has 146 valence electrons. The van der Waals surface area contributed by atoms with Gasteiger partial charge in [0.25, 0.3) is 5.91 Å². The lowest BCUT2D eigenvalue weighted by Crippen LogP contribution is -2.48. The standard InChI is InChI=1S/C20H22N4O4/c21-18(22)12-1-3-13(4-2-12)19(27)24-15-5-6-16-14(11-15)7-9-20(23,28-16)10-8-17(25)26/h1-6,11H,7-10,23H2,(H3,21,22)(H,24,27)(H,25,26). The molecule has 0 radical (unpaired) electrons. The summed E-state index contributed by atoms with van der Waals surface area (Å²) in [6.45, 7) is 0. The van der Waals surface area contributed by atoms with Crippen molar-refractivity contribution in [3.8, 4) is 5.75 Å². The van der Waals surface area contributed by atoms with Crippen LogP contribution in [0.15, 0.2) is 42.5 Å². The summed E-state index contributed by atoms with van der Waals surface area (Å²) < 4.78 is 5.82. The first-order valence-electron chi connectivity index (χ1n) is 8.84. The van der Waals surface area contributed by atoms with Crippen molar-refractivity contribution in [2.24, 2.45) is 11.5 Å². The number of nitrogen functional groups attached to an aromatic ring is 1. The van der Waals surface area contributed by atoms with Gasteiger partial charge in [-0.1, -0.05) is 12.1 Å². The Balaban J connectivity index is 1.68. The number of aliphatic carboxylic acids is 1. The van der Waals surface area contributed by atoms with Gasteiger partial charge in [-0.2, -0.15) is 0 Å². The molecule has 1 amide bonds. The van der Waals surface area contributed by atoms with E-state index in [1.54, 1.807) is 36.4 Å². The summed E-state index contributed by atoms with van der Waals surface area (Å²) in [5.41, 5.74) is 13.1. The van der Waals surface area contributed by atoms with E-state index in [1.807, 2.05) is 6.07 Å². The van der Waals surface area contributed by atoms with Crippen molar-refractivity contribution in [3.05, 3.63) is 59.2 Å². The van der Waals surface area contributed by atoms with Crippen LogP contribution in [0.4, 0.5) is 5.69 Å². The molecule has 8 nitrogen and oxygen atoms in total. The molecule has 28 heavy (non-hydrogen) atoms. The van der Waals surface area contributed by atoms with E-state index >= 15 is 0 Å². The maximum atomic E-state index is 12.4. The van der Waals surface area contributed by atoms with E-state index in [2.05, 4.69) is 5.32 Å². The second-order valence-corrected chi connectivity index (χ2v) is 6.83. The SMILES string of the molecule is N=C(N)c1ccc(C(=O)Nc2ccc3c(c2)CCC(N)(CCC(=O)O)O3)cc1. The van der Waals surface area contributed by atoms with Crippen molar-refractivity contribution >= 4 is 23.4 Å². The number of amides is 1. The molecular formula is C20H22N4O4. The zero-order valence-corrected chi connectivity index (χ0v) is 15.2. The molecule has 1 aliphatic heterocycles. The van der Waals surface area contributed by atoms with Crippen LogP contribution in [0, 0.1) is 5.41 Å². The molecule has 1 atom stereocenters. The summed E-state index contributed by atoms with van der Waals surface area (Å²) in [5, 5.41) is 19.1. The van der Waals surface area contributed by atoms with Gasteiger partial charge in [-0.15, -0.1) is 0 Å². The number of nitrogens with one attached hydrogen (secondary N) is 2. The Hall–Kier alpha value is -3.39. The number of anilines is 1. The summed E-state index contributed by atoms with van der Waals surface area (Å²) >= 11 is 0. The number of carbonyl (C=O) groups excluding carboxylic acids is 1. The summed E-state index contributed by atoms with van der Waals surface area (Å²) in [6.07, 6.45) is 1.30. The Morgan fingerprint density at radius 1 is 1.18 bits per heavy atom. The van der Waals surface area contributed by atoms with Crippen LogP contribution < -0.4 is 21.5 Å². The Morgan fingerprint density at radius 2 is 1.86 bits per heavy atom. The second kappa shape index (κ2) is 7.69. The van der Waals surface area contributed by atoms with Gasteiger partial charge in [0.05, 0.1) is 6.42 Å². The third-order valence-electron chi connectivity index (χ3n) is 4.67. The maximum Gasteiger partial charge on any atom is 0.303 e. The van der Waals surface area contributed by atoms with Crippen molar-refractivity contribution in [3.63, 3.8) is 0 Å². The molecule has 1 aliphatic rings. The quantitative estimate of drug-likeness (QED) is 0.381. The summed E-state index contributed by atoms with van der Waals surface area (Å²) in [4.78, 5) is 23.2. The molecule has 3 rings (SSSR count). The van der Waals surface area contributed by atoms with Crippen LogP contribution in [0.2, 0.25) is 0 Å². The number of aryl methyl sites for hydroxylation is 1. The van der Waals surface area contributed by atoms with Crippen molar-refractivity contribution < 1.29 is 19.4 Å². The fourth-order valence-corrected chi connectivity index (χ4v) is 3.07. The first-order valence-corrected chi connectivity index (χ1v) is 8.84. The first kappa shape index (κ1) is 19.4. The van der Waals surface area contributed by atoms with Gasteiger partial charge in [-0.05, 0) is 42.3 Å². The highest BCUT2D eigenvalue weighted by atomic mass is 16.5. The minimum atomic E-state index is -0.991. The normalized spacial score (nSPS) is 17.9. The van der Waals surface area contributed by atoms with Crippen LogP contribution >= 0.6 is 0 Å². The number of rotatable bonds is 6. The Labute approximate surface area is 162 Å². The first-order chi connectivity index (χ1) is 13.3. The molecule has 0 saturated heterocycles. The van der Waals surface area contributed by atoms with Gasteiger partial charge in [0.15, 0.2) is 5.72 Å². The Bertz CT molecular complexity index is 926. The van der Waals surface area contributed by atoms with E-state index in [1.165, 1.54) is 0 Å². The zero-order valence-electron chi connectivity index (χ0n) is 15.2. The third kappa shape index (κ3) is 4.47. The molecule has 1 unspecified atom stereocenters. The molecular weight excluding hydrogens is 360 g/mol. The molecule has 1 heterocycles. The molecule has 7 N–H and O–H groups in total. The van der Waals surface area contributed by atoms with Crippen molar-refractivity contribution in [1.29, 1.82) is 5.41 Å². The van der Waals surface area contributed by atoms with Crippen LogP contribution in [-0.2, 0) is 11.2 Å². The van der Waals surface area contributed by atoms with Gasteiger partial charge < -0.3 is 20.9 Å². The topological polar surface area (TPSA) is 152 Å². The third-order valence-corrected chi connectivity index (χ3v) is 4.67. The van der Waals surface area contributed by atoms with Gasteiger partial charge in [0.1, 0.15) is 11.6 Å². The van der Waals surface area contributed by atoms with Gasteiger partial charge >= 0.3 is 5.97 Å². The van der Waals surface area contributed by atoms with Crippen molar-refractivity contribution in [2.45, 2.75) is 31.4 Å². The van der Waals surface area contributed by atoms with E-state index in [-0.39, 0.29) is 24.6 Å². The number of ether oxygens (including phenoxy) is 1. The number of fused-ring (bicyclic) bond motifs is 1. The molecule has 0 saturated carbocycles. The number of nitrogens with two attached hydrogens (primary N) is 2. The second-order valence-electron chi connectivity index (χ2n) is 6.83. The summed E-state index contributed by atoms with van der Waals surface area (Å²) in [6, 6.07) is 11.7. The zero-order chi connectivity index (χ0) is 20.3. The smallest absolute Gasteiger partial charge is 0.303 e. The lowest BCUT2D eigenvalue weighted by molar-refractivity contribution is -0.138. The average molecular weight is 382 g/mol. The van der Waals surface area contributed by atoms with E-state index < -0.39 is 11.7 Å². The predicted octanol–water partition coefficient (Wildman–Crippen LogP) is 2.07. The summed E-state index contributed by atoms with van der Waals surface area (Å²) in [7, 11) is 0. The van der Waals surface area contributed by atoms with Crippen LogP contribution in [0.3, 0.4) is 0 Å². The van der Waals surface area contributed by atoms with Crippen molar-refractivity contribution in [1.82, 2.24) is 0 Å². The van der Waals surface area contributed by atoms with Gasteiger partial charge in [-0.3, -0.25) is 20.7 Å². The van der Waals surface area contributed by atoms with E-state index in [0.29, 0.717) is 35.4 Å². The number of carbonyl (C=O) groups is 2. The van der Waals surface area contributed by atoms with Crippen LogP contribution in [0.1, 0.15) is 40.7 Å². The van der Waals surface area contributed by atoms with Gasteiger partial charge in [0, 0.05) is 29.7 Å². The predicted molar refractivity (Wildman–Crippen MR) is 105 cm³/mol. The molecule has 8 heteroatoms. The van der Waals surface area contributed by atoms with E-state index in [0.717, 1.165) is 5.56 Å². The number of carboxylic acid groups (broad SMARTS) is 1. The lowest BCUT2D eigenvalue weighted by Gasteiger charge is -2.35. The van der Waals surface area contributed by atoms with Gasteiger partial charge in [-0.25, -0.2) is 0 Å². The molecule has 2 aromatic rings. The maximum absolute atomic E-state index is 12.4. The van der Waals surface area contributed by atoms with Crippen LogP contribution in [0.5, 0.6) is 5.75 Å². The Morgan fingerprint density at radius 3 is 2.50 bits per heavy atom. The molecule has 0 fully saturated rings.